The minimum atomic E-state index is -0.890. The minimum absolute atomic E-state index is 0.0796. The van der Waals surface area contributed by atoms with Gasteiger partial charge >= 0.3 is 11.7 Å². The molecule has 2 aliphatic heterocycles. The number of aryl methyl sites for hydroxylation is 1. The first-order valence-electron chi connectivity index (χ1n) is 12.4. The third-order valence-electron chi connectivity index (χ3n) is 7.66. The molecule has 36 heavy (non-hydrogen) atoms. The van der Waals surface area contributed by atoms with Crippen LogP contribution in [0.3, 0.4) is 0 Å². The van der Waals surface area contributed by atoms with Crippen LogP contribution in [0, 0.1) is 0 Å². The van der Waals surface area contributed by atoms with E-state index >= 15 is 0 Å². The van der Waals surface area contributed by atoms with E-state index in [0.717, 1.165) is 48.1 Å². The van der Waals surface area contributed by atoms with E-state index in [2.05, 4.69) is 21.3 Å². The van der Waals surface area contributed by atoms with Crippen LogP contribution in [0.4, 0.5) is 10.5 Å². The summed E-state index contributed by atoms with van der Waals surface area (Å²) in [6.45, 7) is 1.66. The average molecular weight is 489 g/mol. The molecule has 10 nitrogen and oxygen atoms in total. The predicted octanol–water partition coefficient (Wildman–Crippen LogP) is 1.43. The summed E-state index contributed by atoms with van der Waals surface area (Å²) < 4.78 is 3.40. The molecule has 1 unspecified atom stereocenters. The Morgan fingerprint density at radius 3 is 2.56 bits per heavy atom. The molecule has 4 N–H and O–H groups in total. The van der Waals surface area contributed by atoms with Crippen LogP contribution in [0.5, 0.6) is 0 Å². The highest BCUT2D eigenvalue weighted by Crippen LogP contribution is 2.32. The summed E-state index contributed by atoms with van der Waals surface area (Å²) >= 11 is 0. The van der Waals surface area contributed by atoms with Gasteiger partial charge in [-0.25, -0.2) is 9.59 Å². The van der Waals surface area contributed by atoms with Crippen molar-refractivity contribution in [1.82, 2.24) is 25.1 Å². The standard InChI is InChI=1S/C26H28N6O4/c33-22(15-31-20-3-1-2-4-21(20)32(25(31)36)19-8-11-27-12-9-19)28-18-6-5-17-14-26(10-7-16(17)13-18)23(34)29-24(35)30-26/h1-6,13,19,27H,7-12,14-15H2,(H,28,33)(H2,29,30,34,35). The molecular weight excluding hydrogens is 460 g/mol. The van der Waals surface area contributed by atoms with E-state index in [1.807, 2.05) is 41.0 Å². The highest BCUT2D eigenvalue weighted by Gasteiger charge is 2.47. The molecule has 6 rings (SSSR count). The number of carbonyl (C=O) groups excluding carboxylic acids is 3. The molecular formula is C26H28N6O4. The molecule has 2 fully saturated rings. The van der Waals surface area contributed by atoms with Crippen LogP contribution in [0.2, 0.25) is 0 Å². The Balaban J connectivity index is 1.21. The van der Waals surface area contributed by atoms with Crippen LogP contribution in [0.15, 0.2) is 47.3 Å². The van der Waals surface area contributed by atoms with E-state index in [-0.39, 0.29) is 30.1 Å². The van der Waals surface area contributed by atoms with E-state index in [9.17, 15) is 19.2 Å². The first-order valence-corrected chi connectivity index (χ1v) is 12.4. The second kappa shape index (κ2) is 8.63. The number of hydrogen-bond donors (Lipinski definition) is 4. The minimum Gasteiger partial charge on any atom is -0.325 e. The number of imide groups is 1. The number of rotatable bonds is 4. The van der Waals surface area contributed by atoms with Crippen molar-refractivity contribution in [2.45, 2.75) is 50.2 Å². The monoisotopic (exact) mass is 488 g/mol. The van der Waals surface area contributed by atoms with Gasteiger partial charge in [0, 0.05) is 18.2 Å². The van der Waals surface area contributed by atoms with Gasteiger partial charge in [-0.2, -0.15) is 0 Å². The number of nitrogens with one attached hydrogen (secondary N) is 4. The summed E-state index contributed by atoms with van der Waals surface area (Å²) in [5.74, 6) is -0.565. The van der Waals surface area contributed by atoms with Crippen molar-refractivity contribution in [2.24, 2.45) is 0 Å². The maximum Gasteiger partial charge on any atom is 0.329 e. The molecule has 4 amide bonds. The first kappa shape index (κ1) is 22.5. The third kappa shape index (κ3) is 3.78. The molecule has 3 heterocycles. The van der Waals surface area contributed by atoms with E-state index in [0.29, 0.717) is 24.9 Å². The van der Waals surface area contributed by atoms with Crippen LogP contribution < -0.4 is 27.0 Å². The molecule has 2 saturated heterocycles. The molecule has 1 aliphatic carbocycles. The zero-order valence-corrected chi connectivity index (χ0v) is 19.8. The Labute approximate surface area is 207 Å². The van der Waals surface area contributed by atoms with E-state index in [1.54, 1.807) is 10.6 Å². The Bertz CT molecular complexity index is 1450. The predicted molar refractivity (Wildman–Crippen MR) is 134 cm³/mol. The van der Waals surface area contributed by atoms with E-state index < -0.39 is 11.6 Å². The normalized spacial score (nSPS) is 21.9. The molecule has 3 aliphatic rings. The van der Waals surface area contributed by atoms with Crippen molar-refractivity contribution < 1.29 is 14.4 Å². The molecule has 0 bridgehead atoms. The number of piperidine rings is 1. The summed E-state index contributed by atoms with van der Waals surface area (Å²) in [7, 11) is 0. The summed E-state index contributed by atoms with van der Waals surface area (Å²) in [4.78, 5) is 50.4. The number of hydrogen-bond acceptors (Lipinski definition) is 5. The van der Waals surface area contributed by atoms with Crippen LogP contribution in [0.1, 0.15) is 36.4 Å². The van der Waals surface area contributed by atoms with E-state index in [4.69, 9.17) is 0 Å². The van der Waals surface area contributed by atoms with Gasteiger partial charge in [0.15, 0.2) is 0 Å². The van der Waals surface area contributed by atoms with Crippen molar-refractivity contribution in [3.63, 3.8) is 0 Å². The molecule has 10 heteroatoms. The Hall–Kier alpha value is -3.92. The van der Waals surface area contributed by atoms with Gasteiger partial charge in [0.25, 0.3) is 5.91 Å². The fourth-order valence-electron chi connectivity index (χ4n) is 5.85. The lowest BCUT2D eigenvalue weighted by molar-refractivity contribution is -0.124. The van der Waals surface area contributed by atoms with Crippen molar-refractivity contribution in [3.05, 3.63) is 64.1 Å². The first-order chi connectivity index (χ1) is 17.4. The fraction of sp³-hybridized carbons (Fsp3) is 0.385. The second-order valence-corrected chi connectivity index (χ2v) is 9.91. The summed E-state index contributed by atoms with van der Waals surface area (Å²) in [5.41, 5.74) is 3.20. The van der Waals surface area contributed by atoms with Gasteiger partial charge in [0.1, 0.15) is 12.1 Å². The van der Waals surface area contributed by atoms with Gasteiger partial charge in [-0.15, -0.1) is 0 Å². The van der Waals surface area contributed by atoms with Crippen molar-refractivity contribution in [3.8, 4) is 0 Å². The van der Waals surface area contributed by atoms with Gasteiger partial charge in [-0.1, -0.05) is 18.2 Å². The third-order valence-corrected chi connectivity index (χ3v) is 7.66. The number of fused-ring (bicyclic) bond motifs is 2. The van der Waals surface area contributed by atoms with Crippen LogP contribution in [-0.4, -0.2) is 45.6 Å². The highest BCUT2D eigenvalue weighted by molar-refractivity contribution is 6.07. The van der Waals surface area contributed by atoms with Crippen LogP contribution in [-0.2, 0) is 29.0 Å². The summed E-state index contributed by atoms with van der Waals surface area (Å²) in [6.07, 6.45) is 3.28. The van der Waals surface area contributed by atoms with Crippen LogP contribution in [0.25, 0.3) is 11.0 Å². The number of para-hydroxylation sites is 2. The number of aromatic nitrogens is 2. The number of imidazole rings is 1. The van der Waals surface area contributed by atoms with Gasteiger partial charge in [-0.05, 0) is 74.2 Å². The molecule has 1 spiro atoms. The fourth-order valence-corrected chi connectivity index (χ4v) is 5.85. The number of nitrogens with zero attached hydrogens (tertiary/aromatic N) is 2. The van der Waals surface area contributed by atoms with Gasteiger partial charge in [-0.3, -0.25) is 24.0 Å². The highest BCUT2D eigenvalue weighted by atomic mass is 16.2. The number of carbonyl (C=O) groups is 3. The Kier molecular flexibility index (Phi) is 5.40. The van der Waals surface area contributed by atoms with Crippen LogP contribution >= 0.6 is 0 Å². The molecule has 1 atom stereocenters. The number of benzene rings is 2. The van der Waals surface area contributed by atoms with Crippen molar-refractivity contribution in [2.75, 3.05) is 18.4 Å². The van der Waals surface area contributed by atoms with Crippen molar-refractivity contribution in [1.29, 1.82) is 0 Å². The lowest BCUT2D eigenvalue weighted by Gasteiger charge is -2.32. The van der Waals surface area contributed by atoms with Gasteiger partial charge in [0.05, 0.1) is 11.0 Å². The average Bonchev–Trinajstić information content (AvgIpc) is 3.31. The number of anilines is 1. The zero-order valence-electron chi connectivity index (χ0n) is 19.8. The molecule has 1 aromatic heterocycles. The lowest BCUT2D eigenvalue weighted by atomic mass is 9.78. The Morgan fingerprint density at radius 1 is 1.03 bits per heavy atom. The lowest BCUT2D eigenvalue weighted by Crippen LogP contribution is -2.51. The molecule has 3 aromatic rings. The van der Waals surface area contributed by atoms with Gasteiger partial charge in [0.2, 0.25) is 5.91 Å². The summed E-state index contributed by atoms with van der Waals surface area (Å²) in [5, 5.41) is 11.4. The van der Waals surface area contributed by atoms with Crippen molar-refractivity contribution >= 4 is 34.6 Å². The molecule has 186 valence electrons. The number of urea groups is 1. The smallest absolute Gasteiger partial charge is 0.325 e. The maximum absolute atomic E-state index is 13.4. The second-order valence-electron chi connectivity index (χ2n) is 9.91. The molecule has 0 radical (unpaired) electrons. The molecule has 0 saturated carbocycles. The summed E-state index contributed by atoms with van der Waals surface area (Å²) in [6, 6.07) is 12.9. The Morgan fingerprint density at radius 2 is 1.81 bits per heavy atom. The van der Waals surface area contributed by atoms with E-state index in [1.165, 1.54) is 0 Å². The molecule has 2 aromatic carbocycles. The largest absolute Gasteiger partial charge is 0.329 e. The zero-order chi connectivity index (χ0) is 24.9. The quantitative estimate of drug-likeness (QED) is 0.414. The topological polar surface area (TPSA) is 126 Å². The number of amides is 4. The SMILES string of the molecule is O=C(Cn1c(=O)n(C2CCNCC2)c2ccccc21)Nc1ccc2c(c1)CCC1(C2)NC(=O)NC1=O. The van der Waals surface area contributed by atoms with Gasteiger partial charge < -0.3 is 16.0 Å². The maximum atomic E-state index is 13.4.